The highest BCUT2D eigenvalue weighted by Gasteiger charge is 2.21. The Morgan fingerprint density at radius 2 is 2.03 bits per heavy atom. The van der Waals surface area contributed by atoms with Crippen LogP contribution in [0.2, 0.25) is 0 Å². The van der Waals surface area contributed by atoms with Gasteiger partial charge in [0.05, 0.1) is 18.0 Å². The summed E-state index contributed by atoms with van der Waals surface area (Å²) in [4.78, 5) is 33.4. The van der Waals surface area contributed by atoms with Crippen LogP contribution in [0.3, 0.4) is 0 Å². The van der Waals surface area contributed by atoms with Crippen molar-refractivity contribution in [2.45, 2.75) is 37.3 Å². The first kappa shape index (κ1) is 21.2. The molecule has 31 heavy (non-hydrogen) atoms. The number of aromatic nitrogens is 3. The molecule has 3 aromatic rings. The topological polar surface area (TPSA) is 76.9 Å². The molecule has 6 nitrogen and oxygen atoms in total. The molecule has 160 valence electrons. The zero-order chi connectivity index (χ0) is 21.8. The van der Waals surface area contributed by atoms with Gasteiger partial charge >= 0.3 is 5.69 Å². The Morgan fingerprint density at radius 1 is 1.19 bits per heavy atom. The molecule has 0 aliphatic heterocycles. The van der Waals surface area contributed by atoms with Crippen LogP contribution < -0.4 is 11.0 Å². The Bertz CT molecular complexity index is 1170. The van der Waals surface area contributed by atoms with Gasteiger partial charge in [0.15, 0.2) is 0 Å². The number of nitrogens with one attached hydrogen (secondary N) is 1. The average molecular weight is 442 g/mol. The van der Waals surface area contributed by atoms with Crippen LogP contribution in [0.1, 0.15) is 29.7 Å². The van der Waals surface area contributed by atoms with Gasteiger partial charge in [-0.1, -0.05) is 17.8 Å². The maximum absolute atomic E-state index is 13.8. The number of nitrogens with zero attached hydrogens (tertiary/aromatic N) is 3. The number of rotatable bonds is 6. The number of fused-ring (bicyclic) bond motifs is 1. The molecule has 2 aromatic heterocycles. The van der Waals surface area contributed by atoms with Gasteiger partial charge in [0, 0.05) is 29.7 Å². The molecule has 0 bridgehead atoms. The number of benzene rings is 1. The van der Waals surface area contributed by atoms with Crippen molar-refractivity contribution in [2.75, 3.05) is 11.1 Å². The van der Waals surface area contributed by atoms with Crippen LogP contribution in [0.15, 0.2) is 52.5 Å². The summed E-state index contributed by atoms with van der Waals surface area (Å²) in [5.74, 6) is -2.05. The van der Waals surface area contributed by atoms with Crippen LogP contribution in [0, 0.1) is 11.6 Å². The van der Waals surface area contributed by atoms with Gasteiger partial charge in [0.25, 0.3) is 0 Å². The van der Waals surface area contributed by atoms with Gasteiger partial charge in [-0.25, -0.2) is 13.6 Å². The summed E-state index contributed by atoms with van der Waals surface area (Å²) < 4.78 is 28.5. The molecular weight excluding hydrogens is 422 g/mol. The van der Waals surface area contributed by atoms with E-state index in [2.05, 4.69) is 15.3 Å². The van der Waals surface area contributed by atoms with Crippen molar-refractivity contribution in [1.29, 1.82) is 0 Å². The van der Waals surface area contributed by atoms with Crippen molar-refractivity contribution in [2.24, 2.45) is 0 Å². The van der Waals surface area contributed by atoms with E-state index in [0.29, 0.717) is 17.6 Å². The average Bonchev–Trinajstić information content (AvgIpc) is 2.77. The van der Waals surface area contributed by atoms with Crippen molar-refractivity contribution in [3.05, 3.63) is 81.7 Å². The van der Waals surface area contributed by atoms with Crippen LogP contribution in [0.4, 0.5) is 14.5 Å². The molecule has 9 heteroatoms. The standard InChI is InChI=1S/C22H20F2N4O2S/c23-15-7-8-18(17(24)10-15)26-20(29)13-31-21-16-5-1-2-6-19(16)28(22(30)27-21)12-14-4-3-9-25-11-14/h3-4,7-11H,1-2,5-6,12-13H2,(H,26,29). The van der Waals surface area contributed by atoms with Crippen molar-refractivity contribution in [3.8, 4) is 0 Å². The second kappa shape index (κ2) is 9.38. The molecule has 0 radical (unpaired) electrons. The fraction of sp³-hybridized carbons (Fsp3) is 0.273. The number of anilines is 1. The molecule has 2 heterocycles. The lowest BCUT2D eigenvalue weighted by Gasteiger charge is -2.22. The van der Waals surface area contributed by atoms with E-state index in [4.69, 9.17) is 0 Å². The first-order chi connectivity index (χ1) is 15.0. The fourth-order valence-corrected chi connectivity index (χ4v) is 4.49. The third kappa shape index (κ3) is 4.99. The summed E-state index contributed by atoms with van der Waals surface area (Å²) in [5, 5.41) is 2.97. The number of hydrogen-bond donors (Lipinski definition) is 1. The summed E-state index contributed by atoms with van der Waals surface area (Å²) in [6.45, 7) is 0.400. The lowest BCUT2D eigenvalue weighted by Crippen LogP contribution is -2.30. The molecular formula is C22H20F2N4O2S. The summed E-state index contributed by atoms with van der Waals surface area (Å²) in [7, 11) is 0. The number of halogens is 2. The smallest absolute Gasteiger partial charge is 0.323 e. The molecule has 1 N–H and O–H groups in total. The molecule has 1 aliphatic carbocycles. The summed E-state index contributed by atoms with van der Waals surface area (Å²) in [6.07, 6.45) is 6.93. The Balaban J connectivity index is 1.53. The minimum Gasteiger partial charge on any atom is -0.323 e. The Kier molecular flexibility index (Phi) is 6.41. The van der Waals surface area contributed by atoms with Crippen molar-refractivity contribution in [1.82, 2.24) is 14.5 Å². The van der Waals surface area contributed by atoms with E-state index in [-0.39, 0.29) is 17.1 Å². The Labute approximate surface area is 181 Å². The predicted molar refractivity (Wildman–Crippen MR) is 114 cm³/mol. The molecule has 0 saturated carbocycles. The van der Waals surface area contributed by atoms with Crippen LogP contribution >= 0.6 is 11.8 Å². The quantitative estimate of drug-likeness (QED) is 0.467. The second-order valence-electron chi connectivity index (χ2n) is 7.24. The molecule has 0 fully saturated rings. The zero-order valence-electron chi connectivity index (χ0n) is 16.6. The highest BCUT2D eigenvalue weighted by atomic mass is 32.2. The van der Waals surface area contributed by atoms with Crippen LogP contribution in [-0.4, -0.2) is 26.2 Å². The van der Waals surface area contributed by atoms with Gasteiger partial charge in [-0.3, -0.25) is 14.3 Å². The van der Waals surface area contributed by atoms with Gasteiger partial charge in [-0.2, -0.15) is 4.98 Å². The molecule has 4 rings (SSSR count). The van der Waals surface area contributed by atoms with Gasteiger partial charge < -0.3 is 5.32 Å². The first-order valence-electron chi connectivity index (χ1n) is 9.90. The number of carbonyl (C=O) groups excluding carboxylic acids is 1. The largest absolute Gasteiger partial charge is 0.349 e. The summed E-state index contributed by atoms with van der Waals surface area (Å²) >= 11 is 1.16. The molecule has 0 atom stereocenters. The number of amides is 1. The van der Waals surface area contributed by atoms with E-state index in [0.717, 1.165) is 60.3 Å². The molecule has 1 aromatic carbocycles. The van der Waals surface area contributed by atoms with Gasteiger partial charge in [0.1, 0.15) is 16.7 Å². The number of thioether (sulfide) groups is 1. The Hall–Kier alpha value is -3.07. The van der Waals surface area contributed by atoms with Gasteiger partial charge in [0.2, 0.25) is 5.91 Å². The molecule has 0 saturated heterocycles. The Morgan fingerprint density at radius 3 is 2.81 bits per heavy atom. The molecule has 1 amide bonds. The molecule has 1 aliphatic rings. The lowest BCUT2D eigenvalue weighted by molar-refractivity contribution is -0.113. The fourth-order valence-electron chi connectivity index (χ4n) is 3.62. The van der Waals surface area contributed by atoms with E-state index < -0.39 is 17.5 Å². The maximum atomic E-state index is 13.8. The monoisotopic (exact) mass is 442 g/mol. The zero-order valence-corrected chi connectivity index (χ0v) is 17.4. The van der Waals surface area contributed by atoms with Crippen molar-refractivity contribution >= 4 is 23.4 Å². The van der Waals surface area contributed by atoms with E-state index >= 15 is 0 Å². The van der Waals surface area contributed by atoms with E-state index in [1.807, 2.05) is 12.1 Å². The highest BCUT2D eigenvalue weighted by molar-refractivity contribution is 8.00. The number of hydrogen-bond acceptors (Lipinski definition) is 5. The first-order valence-corrected chi connectivity index (χ1v) is 10.9. The van der Waals surface area contributed by atoms with Gasteiger partial charge in [-0.15, -0.1) is 0 Å². The van der Waals surface area contributed by atoms with Crippen molar-refractivity contribution < 1.29 is 13.6 Å². The molecule has 0 spiro atoms. The minimum absolute atomic E-state index is 0.0394. The van der Waals surface area contributed by atoms with Gasteiger partial charge in [-0.05, 0) is 49.4 Å². The lowest BCUT2D eigenvalue weighted by atomic mass is 9.97. The SMILES string of the molecule is O=C(CSc1nc(=O)n(Cc2cccnc2)c2c1CCCC2)Nc1ccc(F)cc1F. The van der Waals surface area contributed by atoms with Crippen LogP contribution in [0.25, 0.3) is 0 Å². The summed E-state index contributed by atoms with van der Waals surface area (Å²) in [6, 6.07) is 6.70. The van der Waals surface area contributed by atoms with E-state index in [9.17, 15) is 18.4 Å². The van der Waals surface area contributed by atoms with E-state index in [1.165, 1.54) is 6.07 Å². The normalized spacial score (nSPS) is 13.0. The maximum Gasteiger partial charge on any atom is 0.349 e. The number of pyridine rings is 1. The highest BCUT2D eigenvalue weighted by Crippen LogP contribution is 2.29. The van der Waals surface area contributed by atoms with Crippen LogP contribution in [-0.2, 0) is 24.2 Å². The van der Waals surface area contributed by atoms with Crippen molar-refractivity contribution in [3.63, 3.8) is 0 Å². The third-order valence-electron chi connectivity index (χ3n) is 5.06. The molecule has 0 unspecified atom stereocenters. The predicted octanol–water partition coefficient (Wildman–Crippen LogP) is 3.57. The van der Waals surface area contributed by atoms with E-state index in [1.54, 1.807) is 17.0 Å². The third-order valence-corrected chi connectivity index (χ3v) is 6.08. The summed E-state index contributed by atoms with van der Waals surface area (Å²) in [5.41, 5.74) is 2.40. The second-order valence-corrected chi connectivity index (χ2v) is 8.20. The van der Waals surface area contributed by atoms with Crippen LogP contribution in [0.5, 0.6) is 0 Å². The number of carbonyl (C=O) groups is 1. The minimum atomic E-state index is -0.841.